The van der Waals surface area contributed by atoms with Crippen LogP contribution in [0.4, 0.5) is 4.79 Å². The Morgan fingerprint density at radius 1 is 1.07 bits per heavy atom. The van der Waals surface area contributed by atoms with Gasteiger partial charge in [-0.3, -0.25) is 9.59 Å². The smallest absolute Gasteiger partial charge is 0.408 e. The predicted octanol–water partition coefficient (Wildman–Crippen LogP) is 2.40. The van der Waals surface area contributed by atoms with Crippen LogP contribution >= 0.6 is 0 Å². The molecule has 0 bridgehead atoms. The third-order valence-corrected chi connectivity index (χ3v) is 6.34. The second-order valence-corrected chi connectivity index (χ2v) is 11.3. The number of alkyl carbamates (subject to hydrolysis) is 1. The fourth-order valence-electron chi connectivity index (χ4n) is 4.54. The molecule has 1 heterocycles. The summed E-state index contributed by atoms with van der Waals surface area (Å²) >= 11 is 0. The van der Waals surface area contributed by atoms with E-state index in [1.807, 2.05) is 19.9 Å². The Morgan fingerprint density at radius 2 is 1.74 bits per heavy atom. The maximum atomic E-state index is 13.6. The minimum absolute atomic E-state index is 0.0772. The number of hydrogen-bond donors (Lipinski definition) is 3. The van der Waals surface area contributed by atoms with Crippen molar-refractivity contribution in [3.8, 4) is 0 Å². The molecule has 0 aromatic heterocycles. The lowest BCUT2D eigenvalue weighted by atomic mass is 10.0. The summed E-state index contributed by atoms with van der Waals surface area (Å²) in [5.74, 6) is -1.81. The monoisotopic (exact) mass is 590 g/mol. The van der Waals surface area contributed by atoms with Gasteiger partial charge in [0.05, 0.1) is 25.8 Å². The molecule has 3 N–H and O–H groups in total. The van der Waals surface area contributed by atoms with E-state index < -0.39 is 65.9 Å². The molecule has 6 atom stereocenters. The Balaban J connectivity index is 2.32. The van der Waals surface area contributed by atoms with Crippen molar-refractivity contribution >= 4 is 23.9 Å². The maximum absolute atomic E-state index is 13.6. The normalized spacial score (nSPS) is 21.4. The van der Waals surface area contributed by atoms with Crippen LogP contribution in [0.15, 0.2) is 35.4 Å². The van der Waals surface area contributed by atoms with Gasteiger partial charge in [0, 0.05) is 18.4 Å². The van der Waals surface area contributed by atoms with Gasteiger partial charge in [0.1, 0.15) is 23.8 Å². The summed E-state index contributed by atoms with van der Waals surface area (Å²) in [5.41, 5.74) is 8.82. The lowest BCUT2D eigenvalue weighted by Crippen LogP contribution is -2.56. The van der Waals surface area contributed by atoms with Gasteiger partial charge < -0.3 is 34.9 Å². The van der Waals surface area contributed by atoms with E-state index in [0.717, 1.165) is 5.56 Å². The van der Waals surface area contributed by atoms with E-state index in [-0.39, 0.29) is 18.9 Å². The molecule has 1 saturated heterocycles. The van der Waals surface area contributed by atoms with Gasteiger partial charge in [0.25, 0.3) is 5.91 Å². The fraction of sp³-hybridized carbons (Fsp3) is 0.643. The first kappa shape index (κ1) is 34.3. The molecule has 2 rings (SSSR count). The van der Waals surface area contributed by atoms with Crippen LogP contribution in [0.1, 0.15) is 46.6 Å². The molecule has 1 fully saturated rings. The van der Waals surface area contributed by atoms with Crippen LogP contribution in [-0.2, 0) is 39.8 Å². The highest BCUT2D eigenvalue weighted by Crippen LogP contribution is 2.25. The van der Waals surface area contributed by atoms with Gasteiger partial charge >= 0.3 is 12.1 Å². The Labute approximate surface area is 245 Å². The molecule has 232 valence electrons. The molecule has 14 heteroatoms. The van der Waals surface area contributed by atoms with Crippen LogP contribution in [0.3, 0.4) is 0 Å². The van der Waals surface area contributed by atoms with Gasteiger partial charge in [-0.25, -0.2) is 9.59 Å². The van der Waals surface area contributed by atoms with Gasteiger partial charge in [0.2, 0.25) is 5.91 Å². The fourth-order valence-corrected chi connectivity index (χ4v) is 4.54. The molecule has 14 nitrogen and oxygen atoms in total. The van der Waals surface area contributed by atoms with Crippen molar-refractivity contribution in [2.75, 3.05) is 20.8 Å². The number of methoxy groups -OCH3 is 2. The maximum Gasteiger partial charge on any atom is 0.408 e. The molecule has 0 spiro atoms. The van der Waals surface area contributed by atoms with Gasteiger partial charge in [-0.2, -0.15) is 0 Å². The van der Waals surface area contributed by atoms with E-state index in [1.165, 1.54) is 14.2 Å². The average molecular weight is 591 g/mol. The zero-order valence-corrected chi connectivity index (χ0v) is 25.2. The first-order valence-corrected chi connectivity index (χ1v) is 13.7. The molecule has 0 radical (unpaired) electrons. The van der Waals surface area contributed by atoms with Crippen molar-refractivity contribution in [1.29, 1.82) is 0 Å². The molecular weight excluding hydrogens is 548 g/mol. The van der Waals surface area contributed by atoms with E-state index in [2.05, 4.69) is 26.0 Å². The van der Waals surface area contributed by atoms with Crippen LogP contribution < -0.4 is 16.0 Å². The summed E-state index contributed by atoms with van der Waals surface area (Å²) in [7, 11) is 2.58. The first-order chi connectivity index (χ1) is 19.8. The highest BCUT2D eigenvalue weighted by molar-refractivity contribution is 5.92. The van der Waals surface area contributed by atoms with Crippen molar-refractivity contribution in [1.82, 2.24) is 16.0 Å². The van der Waals surface area contributed by atoms with E-state index >= 15 is 0 Å². The van der Waals surface area contributed by atoms with Gasteiger partial charge in [-0.15, -0.1) is 0 Å². The molecule has 1 aliphatic rings. The number of azide groups is 1. The molecule has 0 unspecified atom stereocenters. The minimum Gasteiger partial charge on any atom is -0.467 e. The van der Waals surface area contributed by atoms with Gasteiger partial charge in [-0.1, -0.05) is 49.3 Å². The average Bonchev–Trinajstić information content (AvgIpc) is 3.26. The van der Waals surface area contributed by atoms with Crippen molar-refractivity contribution < 1.29 is 38.1 Å². The minimum atomic E-state index is -1.29. The Kier molecular flexibility index (Phi) is 13.0. The molecule has 42 heavy (non-hydrogen) atoms. The zero-order valence-electron chi connectivity index (χ0n) is 25.2. The van der Waals surface area contributed by atoms with E-state index in [1.54, 1.807) is 45.0 Å². The quantitative estimate of drug-likeness (QED) is 0.135. The summed E-state index contributed by atoms with van der Waals surface area (Å²) in [6.07, 6.45) is -3.55. The molecule has 0 aliphatic carbocycles. The number of carbonyl (C=O) groups is 4. The molecule has 3 amide bonds. The predicted molar refractivity (Wildman–Crippen MR) is 152 cm³/mol. The third-order valence-electron chi connectivity index (χ3n) is 6.34. The van der Waals surface area contributed by atoms with Crippen molar-refractivity contribution in [3.63, 3.8) is 0 Å². The second kappa shape index (κ2) is 15.9. The highest BCUT2D eigenvalue weighted by atomic mass is 16.6. The van der Waals surface area contributed by atoms with Crippen LogP contribution in [0.5, 0.6) is 0 Å². The Morgan fingerprint density at radius 3 is 2.29 bits per heavy atom. The van der Waals surface area contributed by atoms with Crippen molar-refractivity contribution in [2.45, 2.75) is 89.5 Å². The first-order valence-electron chi connectivity index (χ1n) is 13.7. The molecular formula is C28H42N6O8. The number of esters is 1. The number of ether oxygens (including phenoxy) is 4. The van der Waals surface area contributed by atoms with E-state index in [9.17, 15) is 19.2 Å². The molecule has 0 saturated carbocycles. The summed E-state index contributed by atoms with van der Waals surface area (Å²) in [6, 6.07) is 6.11. The molecule has 1 aromatic rings. The van der Waals surface area contributed by atoms with Crippen LogP contribution in [0.25, 0.3) is 10.4 Å². The number of rotatable bonds is 13. The SMILES string of the molecule is COC(=O)[C@H](CC(C)C)NC(=O)[C@H](Cc1ccccc1)NC(=O)[C@H]1O[C@H](CN=[N+]=[N-])[C@@H](NC(=O)OC(C)(C)C)[C@H]1OC. The number of benzene rings is 1. The molecule has 1 aliphatic heterocycles. The summed E-state index contributed by atoms with van der Waals surface area (Å²) in [5, 5.41) is 11.6. The van der Waals surface area contributed by atoms with E-state index in [4.69, 9.17) is 24.5 Å². The number of nitrogens with one attached hydrogen (secondary N) is 3. The standard InChI is InChI=1S/C28H42N6O8/c1-16(2)13-19(26(37)40-7)32-24(35)18(14-17-11-9-8-10-12-17)31-25(36)23-22(39-6)21(20(41-23)15-30-34-29)33-27(38)42-28(3,4)5/h8-12,16,18-23H,13-15H2,1-7H3,(H,31,36)(H,32,35)(H,33,38)/t18-,19-,20+,21+,22+,23-/m0/s1. The third kappa shape index (κ3) is 10.5. The second-order valence-electron chi connectivity index (χ2n) is 11.3. The lowest BCUT2D eigenvalue weighted by molar-refractivity contribution is -0.146. The summed E-state index contributed by atoms with van der Waals surface area (Å²) in [6.45, 7) is 8.70. The number of hydrogen-bond acceptors (Lipinski definition) is 9. The van der Waals surface area contributed by atoms with E-state index in [0.29, 0.717) is 6.42 Å². The number of amides is 3. The molecule has 1 aromatic carbocycles. The number of nitrogens with zero attached hydrogens (tertiary/aromatic N) is 3. The van der Waals surface area contributed by atoms with Gasteiger partial charge in [-0.05, 0) is 44.2 Å². The Hall–Kier alpha value is -3.87. The van der Waals surface area contributed by atoms with Crippen molar-refractivity contribution in [2.24, 2.45) is 11.0 Å². The topological polar surface area (TPSA) is 190 Å². The number of carbonyl (C=O) groups excluding carboxylic acids is 4. The largest absolute Gasteiger partial charge is 0.467 e. The zero-order chi connectivity index (χ0) is 31.4. The van der Waals surface area contributed by atoms with Crippen LogP contribution in [0, 0.1) is 5.92 Å². The van der Waals surface area contributed by atoms with Gasteiger partial charge in [0.15, 0.2) is 6.10 Å². The van der Waals surface area contributed by atoms with Crippen molar-refractivity contribution in [3.05, 3.63) is 46.3 Å². The summed E-state index contributed by atoms with van der Waals surface area (Å²) < 4.78 is 21.7. The van der Waals surface area contributed by atoms with Crippen LogP contribution in [-0.4, -0.2) is 86.7 Å². The summed E-state index contributed by atoms with van der Waals surface area (Å²) in [4.78, 5) is 54.8. The lowest BCUT2D eigenvalue weighted by Gasteiger charge is -2.27. The van der Waals surface area contributed by atoms with Crippen LogP contribution in [0.2, 0.25) is 0 Å². The highest BCUT2D eigenvalue weighted by Gasteiger charge is 2.49. The Bertz CT molecular complexity index is 1120.